The number of fused-ring (bicyclic) bond motifs is 1. The lowest BCUT2D eigenvalue weighted by Gasteiger charge is -2.04. The average Bonchev–Trinajstić information content (AvgIpc) is 2.32. The molecule has 0 heterocycles. The van der Waals surface area contributed by atoms with Crippen LogP contribution in [0.15, 0.2) is 42.5 Å². The van der Waals surface area contributed by atoms with Gasteiger partial charge in [-0.05, 0) is 29.8 Å². The fourth-order valence-electron chi connectivity index (χ4n) is 1.76. The summed E-state index contributed by atoms with van der Waals surface area (Å²) in [7, 11) is 0. The molecule has 2 aromatic carbocycles. The summed E-state index contributed by atoms with van der Waals surface area (Å²) in [6.07, 6.45) is 4.74. The molecule has 0 aliphatic rings. The molecule has 0 unspecified atom stereocenters. The van der Waals surface area contributed by atoms with Crippen molar-refractivity contribution in [3.63, 3.8) is 0 Å². The normalized spacial score (nSPS) is 11.3. The lowest BCUT2D eigenvalue weighted by Crippen LogP contribution is -1.95. The Balaban J connectivity index is 2.52. The number of rotatable bonds is 3. The van der Waals surface area contributed by atoms with Crippen molar-refractivity contribution >= 4 is 16.8 Å². The Morgan fingerprint density at radius 3 is 2.75 bits per heavy atom. The van der Waals surface area contributed by atoms with E-state index in [9.17, 15) is 5.11 Å². The minimum Gasteiger partial charge on any atom is -0.507 e. The first-order valence-electron chi connectivity index (χ1n) is 5.40. The summed E-state index contributed by atoms with van der Waals surface area (Å²) in [5.74, 6) is 0.312. The monoisotopic (exact) mass is 213 g/mol. The average molecular weight is 213 g/mol. The molecule has 0 fully saturated rings. The van der Waals surface area contributed by atoms with Crippen LogP contribution in [0.2, 0.25) is 0 Å². The summed E-state index contributed by atoms with van der Waals surface area (Å²) in [6, 6.07) is 11.7. The topological polar surface area (TPSA) is 46.2 Å². The van der Waals surface area contributed by atoms with Gasteiger partial charge in [0.2, 0.25) is 0 Å². The van der Waals surface area contributed by atoms with Gasteiger partial charge in [0.15, 0.2) is 0 Å². The fraction of sp³-hybridized carbons (Fsp3) is 0.143. The van der Waals surface area contributed by atoms with E-state index in [2.05, 4.69) is 0 Å². The Morgan fingerprint density at radius 1 is 1.12 bits per heavy atom. The van der Waals surface area contributed by atoms with E-state index in [1.165, 1.54) is 0 Å². The lowest BCUT2D eigenvalue weighted by atomic mass is 10.0. The molecule has 2 aromatic rings. The van der Waals surface area contributed by atoms with Crippen molar-refractivity contribution in [3.05, 3.63) is 48.0 Å². The smallest absolute Gasteiger partial charge is 0.123 e. The number of phenols is 1. The predicted molar refractivity (Wildman–Crippen MR) is 68.3 cm³/mol. The third-order valence-corrected chi connectivity index (χ3v) is 2.57. The SMILES string of the molecule is NCCC=Cc1c(O)ccc2ccccc12. The van der Waals surface area contributed by atoms with Gasteiger partial charge in [-0.1, -0.05) is 42.5 Å². The number of nitrogens with two attached hydrogens (primary N) is 1. The Labute approximate surface area is 95.0 Å². The highest BCUT2D eigenvalue weighted by Gasteiger charge is 2.02. The summed E-state index contributed by atoms with van der Waals surface area (Å²) < 4.78 is 0. The molecule has 82 valence electrons. The van der Waals surface area contributed by atoms with Crippen LogP contribution in [0.4, 0.5) is 0 Å². The van der Waals surface area contributed by atoms with E-state index in [-0.39, 0.29) is 0 Å². The van der Waals surface area contributed by atoms with Crippen molar-refractivity contribution in [2.75, 3.05) is 6.54 Å². The van der Waals surface area contributed by atoms with E-state index in [0.29, 0.717) is 12.3 Å². The summed E-state index contributed by atoms with van der Waals surface area (Å²) in [5.41, 5.74) is 6.30. The maximum Gasteiger partial charge on any atom is 0.123 e. The summed E-state index contributed by atoms with van der Waals surface area (Å²) in [4.78, 5) is 0. The van der Waals surface area contributed by atoms with Crippen molar-refractivity contribution in [1.29, 1.82) is 0 Å². The summed E-state index contributed by atoms with van der Waals surface area (Å²) in [5, 5.41) is 12.0. The highest BCUT2D eigenvalue weighted by atomic mass is 16.3. The fourth-order valence-corrected chi connectivity index (χ4v) is 1.76. The Bertz CT molecular complexity index is 517. The number of hydrogen-bond acceptors (Lipinski definition) is 2. The van der Waals surface area contributed by atoms with Crippen LogP contribution in [-0.2, 0) is 0 Å². The van der Waals surface area contributed by atoms with Gasteiger partial charge in [0.25, 0.3) is 0 Å². The Morgan fingerprint density at radius 2 is 1.94 bits per heavy atom. The van der Waals surface area contributed by atoms with Gasteiger partial charge < -0.3 is 10.8 Å². The number of hydrogen-bond donors (Lipinski definition) is 2. The van der Waals surface area contributed by atoms with E-state index < -0.39 is 0 Å². The van der Waals surface area contributed by atoms with Crippen LogP contribution in [-0.4, -0.2) is 11.7 Å². The number of benzene rings is 2. The van der Waals surface area contributed by atoms with Gasteiger partial charge in [0.1, 0.15) is 5.75 Å². The van der Waals surface area contributed by atoms with Gasteiger partial charge >= 0.3 is 0 Å². The zero-order valence-corrected chi connectivity index (χ0v) is 9.06. The van der Waals surface area contributed by atoms with Crippen LogP contribution >= 0.6 is 0 Å². The van der Waals surface area contributed by atoms with Gasteiger partial charge in [-0.3, -0.25) is 0 Å². The molecule has 0 spiro atoms. The molecule has 3 N–H and O–H groups in total. The zero-order valence-electron chi connectivity index (χ0n) is 9.06. The molecule has 0 bridgehead atoms. The maximum atomic E-state index is 9.83. The first-order valence-corrected chi connectivity index (χ1v) is 5.40. The van der Waals surface area contributed by atoms with E-state index in [1.807, 2.05) is 42.5 Å². The number of aromatic hydroxyl groups is 1. The molecule has 2 nitrogen and oxygen atoms in total. The van der Waals surface area contributed by atoms with Crippen LogP contribution in [0, 0.1) is 0 Å². The molecule has 16 heavy (non-hydrogen) atoms. The largest absolute Gasteiger partial charge is 0.507 e. The Kier molecular flexibility index (Phi) is 3.22. The van der Waals surface area contributed by atoms with E-state index >= 15 is 0 Å². The summed E-state index contributed by atoms with van der Waals surface area (Å²) >= 11 is 0. The molecule has 2 rings (SSSR count). The van der Waals surface area contributed by atoms with Gasteiger partial charge in [-0.2, -0.15) is 0 Å². The van der Waals surface area contributed by atoms with Crippen molar-refractivity contribution in [1.82, 2.24) is 0 Å². The van der Waals surface area contributed by atoms with Crippen LogP contribution in [0.5, 0.6) is 5.75 Å². The molecule has 0 saturated carbocycles. The molecule has 0 saturated heterocycles. The van der Waals surface area contributed by atoms with Gasteiger partial charge in [-0.25, -0.2) is 0 Å². The first-order chi connectivity index (χ1) is 7.83. The molecule has 0 radical (unpaired) electrons. The molecule has 2 heteroatoms. The third-order valence-electron chi connectivity index (χ3n) is 2.57. The van der Waals surface area contributed by atoms with Gasteiger partial charge in [-0.15, -0.1) is 0 Å². The van der Waals surface area contributed by atoms with Crippen molar-refractivity contribution in [3.8, 4) is 5.75 Å². The van der Waals surface area contributed by atoms with Gasteiger partial charge in [0, 0.05) is 5.56 Å². The molecule has 0 aliphatic heterocycles. The Hall–Kier alpha value is -1.80. The molecule has 0 atom stereocenters. The van der Waals surface area contributed by atoms with E-state index in [0.717, 1.165) is 22.8 Å². The van der Waals surface area contributed by atoms with E-state index in [4.69, 9.17) is 5.73 Å². The predicted octanol–water partition coefficient (Wildman–Crippen LogP) is 2.91. The highest BCUT2D eigenvalue weighted by Crippen LogP contribution is 2.28. The van der Waals surface area contributed by atoms with Crippen molar-refractivity contribution < 1.29 is 5.11 Å². The van der Waals surface area contributed by atoms with Crippen LogP contribution in [0.1, 0.15) is 12.0 Å². The summed E-state index contributed by atoms with van der Waals surface area (Å²) in [6.45, 7) is 0.627. The standard InChI is InChI=1S/C14H15NO/c15-10-4-3-7-13-12-6-2-1-5-11(12)8-9-14(13)16/h1-3,5-9,16H,4,10,15H2. The van der Waals surface area contributed by atoms with Crippen molar-refractivity contribution in [2.24, 2.45) is 5.73 Å². The lowest BCUT2D eigenvalue weighted by molar-refractivity contribution is 0.475. The highest BCUT2D eigenvalue weighted by molar-refractivity contribution is 5.92. The van der Waals surface area contributed by atoms with Crippen LogP contribution in [0.3, 0.4) is 0 Å². The number of phenolic OH excluding ortho intramolecular Hbond substituents is 1. The molecular formula is C14H15NO. The first kappa shape index (κ1) is 10.7. The maximum absolute atomic E-state index is 9.83. The minimum absolute atomic E-state index is 0.312. The molecule has 0 amide bonds. The second kappa shape index (κ2) is 4.81. The quantitative estimate of drug-likeness (QED) is 0.823. The minimum atomic E-state index is 0.312. The zero-order chi connectivity index (χ0) is 11.4. The van der Waals surface area contributed by atoms with Gasteiger partial charge in [0.05, 0.1) is 0 Å². The molecule has 0 aliphatic carbocycles. The van der Waals surface area contributed by atoms with Crippen LogP contribution in [0.25, 0.3) is 16.8 Å². The molecular weight excluding hydrogens is 198 g/mol. The second-order valence-corrected chi connectivity index (χ2v) is 3.70. The van der Waals surface area contributed by atoms with Crippen molar-refractivity contribution in [2.45, 2.75) is 6.42 Å². The van der Waals surface area contributed by atoms with Crippen LogP contribution < -0.4 is 5.73 Å². The van der Waals surface area contributed by atoms with E-state index in [1.54, 1.807) is 6.07 Å². The second-order valence-electron chi connectivity index (χ2n) is 3.70. The molecule has 0 aromatic heterocycles. The third kappa shape index (κ3) is 2.07.